The molecule has 0 saturated heterocycles. The van der Waals surface area contributed by atoms with Gasteiger partial charge >= 0.3 is 0 Å². The average molecular weight is 254 g/mol. The minimum Gasteiger partial charge on any atom is -0.401 e. The molecule has 1 aromatic heterocycles. The standard InChI is InChI=1S/C14H14N4O/c1-9-4-13(17-6-11(9)5-15)18-7-12(8-19)14(16)10-2-3-10/h4,6-8,10H,2-3,16H2,1H3. The molecule has 0 atom stereocenters. The third kappa shape index (κ3) is 3.05. The molecule has 1 aliphatic rings. The van der Waals surface area contributed by atoms with Crippen LogP contribution in [0, 0.1) is 24.2 Å². The van der Waals surface area contributed by atoms with E-state index in [-0.39, 0.29) is 0 Å². The summed E-state index contributed by atoms with van der Waals surface area (Å²) in [5.41, 5.74) is 8.20. The Morgan fingerprint density at radius 1 is 1.63 bits per heavy atom. The number of aliphatic imine (C=N–C) groups is 1. The number of aryl methyl sites for hydroxylation is 1. The number of carbonyl (C=O) groups is 1. The van der Waals surface area contributed by atoms with Crippen LogP contribution in [0.1, 0.15) is 24.0 Å². The van der Waals surface area contributed by atoms with Crippen LogP contribution in [0.5, 0.6) is 0 Å². The molecule has 0 amide bonds. The highest BCUT2D eigenvalue weighted by molar-refractivity contribution is 6.03. The second kappa shape index (κ2) is 5.44. The second-order valence-electron chi connectivity index (χ2n) is 4.53. The molecule has 2 rings (SSSR count). The van der Waals surface area contributed by atoms with Crippen molar-refractivity contribution in [3.05, 3.63) is 34.7 Å². The number of hydrogen-bond donors (Lipinski definition) is 1. The van der Waals surface area contributed by atoms with Gasteiger partial charge in [0.2, 0.25) is 0 Å². The molecule has 5 heteroatoms. The van der Waals surface area contributed by atoms with Gasteiger partial charge in [0.05, 0.1) is 11.1 Å². The molecule has 0 aromatic carbocycles. The molecule has 5 nitrogen and oxygen atoms in total. The fourth-order valence-corrected chi connectivity index (χ4v) is 1.67. The van der Waals surface area contributed by atoms with Crippen molar-refractivity contribution in [3.63, 3.8) is 0 Å². The average Bonchev–Trinajstić information content (AvgIpc) is 3.23. The van der Waals surface area contributed by atoms with Crippen molar-refractivity contribution in [3.8, 4) is 6.07 Å². The SMILES string of the molecule is Cc1cc(N=CC(C=O)=C(N)C2CC2)ncc1C#N. The lowest BCUT2D eigenvalue weighted by molar-refractivity contribution is -0.104. The predicted molar refractivity (Wildman–Crippen MR) is 71.8 cm³/mol. The molecule has 1 fully saturated rings. The normalized spacial score (nSPS) is 16.0. The van der Waals surface area contributed by atoms with Crippen LogP contribution in [0.15, 0.2) is 28.5 Å². The Balaban J connectivity index is 2.22. The monoisotopic (exact) mass is 254 g/mol. The number of nitriles is 1. The van der Waals surface area contributed by atoms with E-state index in [1.165, 1.54) is 12.4 Å². The summed E-state index contributed by atoms with van der Waals surface area (Å²) in [6, 6.07) is 3.74. The van der Waals surface area contributed by atoms with Crippen LogP contribution in [0.3, 0.4) is 0 Å². The second-order valence-corrected chi connectivity index (χ2v) is 4.53. The van der Waals surface area contributed by atoms with Gasteiger partial charge in [0.15, 0.2) is 12.1 Å². The minimum absolute atomic E-state index is 0.322. The molecule has 0 radical (unpaired) electrons. The Hall–Kier alpha value is -2.48. The van der Waals surface area contributed by atoms with Crippen LogP contribution >= 0.6 is 0 Å². The van der Waals surface area contributed by atoms with Crippen molar-refractivity contribution in [1.82, 2.24) is 4.98 Å². The lowest BCUT2D eigenvalue weighted by Gasteiger charge is -2.00. The molecule has 2 N–H and O–H groups in total. The zero-order valence-corrected chi connectivity index (χ0v) is 10.6. The van der Waals surface area contributed by atoms with E-state index >= 15 is 0 Å². The maximum Gasteiger partial charge on any atom is 0.153 e. The molecule has 1 aliphatic carbocycles. The van der Waals surface area contributed by atoms with E-state index in [0.29, 0.717) is 34.9 Å². The lowest BCUT2D eigenvalue weighted by atomic mass is 10.1. The maximum absolute atomic E-state index is 11.0. The highest BCUT2D eigenvalue weighted by atomic mass is 16.1. The largest absolute Gasteiger partial charge is 0.401 e. The summed E-state index contributed by atoms with van der Waals surface area (Å²) in [6.45, 7) is 1.81. The first-order valence-corrected chi connectivity index (χ1v) is 6.01. The molecule has 0 bridgehead atoms. The van der Waals surface area contributed by atoms with Crippen molar-refractivity contribution in [2.24, 2.45) is 16.6 Å². The maximum atomic E-state index is 11.0. The fourth-order valence-electron chi connectivity index (χ4n) is 1.67. The number of aromatic nitrogens is 1. The van der Waals surface area contributed by atoms with E-state index in [4.69, 9.17) is 11.0 Å². The van der Waals surface area contributed by atoms with Gasteiger partial charge in [-0.15, -0.1) is 0 Å². The van der Waals surface area contributed by atoms with Gasteiger partial charge in [0.1, 0.15) is 6.07 Å². The number of pyridine rings is 1. The number of hydrogen-bond acceptors (Lipinski definition) is 5. The molecule has 1 heterocycles. The topological polar surface area (TPSA) is 92.1 Å². The van der Waals surface area contributed by atoms with E-state index in [1.54, 1.807) is 6.07 Å². The number of nitrogens with zero attached hydrogens (tertiary/aromatic N) is 3. The van der Waals surface area contributed by atoms with Crippen molar-refractivity contribution in [1.29, 1.82) is 5.26 Å². The van der Waals surface area contributed by atoms with Crippen LogP contribution in [0.2, 0.25) is 0 Å². The Kier molecular flexibility index (Phi) is 3.71. The van der Waals surface area contributed by atoms with Crippen LogP contribution in [-0.4, -0.2) is 17.5 Å². The predicted octanol–water partition coefficient (Wildman–Crippen LogP) is 1.79. The molecule has 0 unspecified atom stereocenters. The molecular formula is C14H14N4O. The Bertz CT molecular complexity index is 606. The number of aldehydes is 1. The van der Waals surface area contributed by atoms with E-state index in [0.717, 1.165) is 18.4 Å². The van der Waals surface area contributed by atoms with Gasteiger partial charge in [0.25, 0.3) is 0 Å². The summed E-state index contributed by atoms with van der Waals surface area (Å²) in [5, 5.41) is 8.81. The molecule has 96 valence electrons. The van der Waals surface area contributed by atoms with E-state index in [9.17, 15) is 4.79 Å². The van der Waals surface area contributed by atoms with Gasteiger partial charge < -0.3 is 5.73 Å². The first-order valence-electron chi connectivity index (χ1n) is 6.01. The molecule has 0 spiro atoms. The molecule has 1 saturated carbocycles. The third-order valence-electron chi connectivity index (χ3n) is 3.03. The summed E-state index contributed by atoms with van der Waals surface area (Å²) in [4.78, 5) is 19.1. The van der Waals surface area contributed by atoms with Gasteiger partial charge in [-0.05, 0) is 37.3 Å². The number of rotatable bonds is 4. The Morgan fingerprint density at radius 2 is 2.37 bits per heavy atom. The van der Waals surface area contributed by atoms with Crippen molar-refractivity contribution >= 4 is 18.3 Å². The van der Waals surface area contributed by atoms with Crippen molar-refractivity contribution in [2.75, 3.05) is 0 Å². The van der Waals surface area contributed by atoms with Crippen molar-refractivity contribution in [2.45, 2.75) is 19.8 Å². The highest BCUT2D eigenvalue weighted by Crippen LogP contribution is 2.34. The zero-order valence-electron chi connectivity index (χ0n) is 10.6. The van der Waals surface area contributed by atoms with Crippen LogP contribution in [0.25, 0.3) is 0 Å². The summed E-state index contributed by atoms with van der Waals surface area (Å²) in [5.74, 6) is 0.779. The van der Waals surface area contributed by atoms with Crippen molar-refractivity contribution < 1.29 is 4.79 Å². The van der Waals surface area contributed by atoms with Gasteiger partial charge in [-0.3, -0.25) is 4.79 Å². The number of allylic oxidation sites excluding steroid dienone is 2. The van der Waals surface area contributed by atoms with E-state index in [2.05, 4.69) is 9.98 Å². The summed E-state index contributed by atoms with van der Waals surface area (Å²) >= 11 is 0. The highest BCUT2D eigenvalue weighted by Gasteiger charge is 2.25. The van der Waals surface area contributed by atoms with Crippen LogP contribution in [0.4, 0.5) is 5.82 Å². The first kappa shape index (κ1) is 13.0. The third-order valence-corrected chi connectivity index (χ3v) is 3.03. The van der Waals surface area contributed by atoms with E-state index in [1.807, 2.05) is 13.0 Å². The Labute approximate surface area is 111 Å². The van der Waals surface area contributed by atoms with Crippen LogP contribution < -0.4 is 5.73 Å². The fraction of sp³-hybridized carbons (Fsp3) is 0.286. The lowest BCUT2D eigenvalue weighted by Crippen LogP contribution is -2.06. The molecule has 19 heavy (non-hydrogen) atoms. The van der Waals surface area contributed by atoms with Crippen LogP contribution in [-0.2, 0) is 4.79 Å². The molecule has 1 aromatic rings. The quantitative estimate of drug-likeness (QED) is 0.503. The zero-order chi connectivity index (χ0) is 13.8. The number of carbonyl (C=O) groups excluding carboxylic acids is 1. The summed E-state index contributed by atoms with van der Waals surface area (Å²) in [7, 11) is 0. The van der Waals surface area contributed by atoms with Gasteiger partial charge in [-0.25, -0.2) is 9.98 Å². The van der Waals surface area contributed by atoms with Gasteiger partial charge in [0, 0.05) is 18.1 Å². The minimum atomic E-state index is 0.322. The number of nitrogens with two attached hydrogens (primary N) is 1. The molecule has 0 aliphatic heterocycles. The van der Waals surface area contributed by atoms with Gasteiger partial charge in [-0.1, -0.05) is 0 Å². The smallest absolute Gasteiger partial charge is 0.153 e. The summed E-state index contributed by atoms with van der Waals surface area (Å²) in [6.07, 6.45) is 5.69. The first-order chi connectivity index (χ1) is 9.15. The Morgan fingerprint density at radius 3 is 2.89 bits per heavy atom. The van der Waals surface area contributed by atoms with Gasteiger partial charge in [-0.2, -0.15) is 5.26 Å². The molecular weight excluding hydrogens is 240 g/mol. The van der Waals surface area contributed by atoms with E-state index < -0.39 is 0 Å². The summed E-state index contributed by atoms with van der Waals surface area (Å²) < 4.78 is 0.